The van der Waals surface area contributed by atoms with Gasteiger partial charge in [0.25, 0.3) is 5.91 Å². The first-order valence-corrected chi connectivity index (χ1v) is 9.75. The minimum Gasteiger partial charge on any atom is -0.465 e. The highest BCUT2D eigenvalue weighted by atomic mass is 32.2. The Balaban J connectivity index is 1.76. The molecule has 0 saturated carbocycles. The number of hydrogen-bond donors (Lipinski definition) is 1. The fraction of sp³-hybridized carbons (Fsp3) is 0.222. The number of amides is 1. The lowest BCUT2D eigenvalue weighted by Crippen LogP contribution is -2.27. The molecule has 1 N–H and O–H groups in total. The Morgan fingerprint density at radius 1 is 1.08 bits per heavy atom. The molecule has 0 bridgehead atoms. The predicted molar refractivity (Wildman–Crippen MR) is 98.1 cm³/mol. The molecule has 3 rings (SSSR count). The summed E-state index contributed by atoms with van der Waals surface area (Å²) in [6.07, 6.45) is 1.73. The van der Waals surface area contributed by atoms with E-state index in [0.29, 0.717) is 35.5 Å². The smallest absolute Gasteiger partial charge is 0.337 e. The molecule has 1 aliphatic rings. The molecule has 0 unspecified atom stereocenters. The van der Waals surface area contributed by atoms with E-state index in [1.54, 1.807) is 42.5 Å². The maximum absolute atomic E-state index is 12.4. The van der Waals surface area contributed by atoms with Crippen LogP contribution < -0.4 is 9.62 Å². The minimum absolute atomic E-state index is 0.309. The maximum atomic E-state index is 12.4. The summed E-state index contributed by atoms with van der Waals surface area (Å²) in [5, 5.41) is 2.75. The maximum Gasteiger partial charge on any atom is 0.337 e. The Bertz CT molecular complexity index is 968. The van der Waals surface area contributed by atoms with Gasteiger partial charge in [-0.1, -0.05) is 0 Å². The van der Waals surface area contributed by atoms with Gasteiger partial charge in [0.05, 0.1) is 24.6 Å². The molecule has 0 saturated heterocycles. The number of nitrogens with one attached hydrogen (secondary N) is 1. The molecule has 136 valence electrons. The van der Waals surface area contributed by atoms with Crippen molar-refractivity contribution in [2.45, 2.75) is 6.42 Å². The van der Waals surface area contributed by atoms with Gasteiger partial charge in [-0.05, 0) is 54.4 Å². The SMILES string of the molecule is COC(=O)c1ccc(NC(=O)c2ccc3c(c2)CCN3S(C)(=O)=O)cc1. The average molecular weight is 374 g/mol. The number of esters is 1. The van der Waals surface area contributed by atoms with Gasteiger partial charge in [-0.25, -0.2) is 13.2 Å². The first-order chi connectivity index (χ1) is 12.3. The molecule has 2 aromatic carbocycles. The molecule has 0 fully saturated rings. The van der Waals surface area contributed by atoms with Gasteiger partial charge >= 0.3 is 5.97 Å². The minimum atomic E-state index is -3.32. The van der Waals surface area contributed by atoms with Gasteiger partial charge in [0.1, 0.15) is 0 Å². The van der Waals surface area contributed by atoms with Crippen molar-refractivity contribution < 1.29 is 22.7 Å². The fourth-order valence-electron chi connectivity index (χ4n) is 2.87. The molecule has 0 radical (unpaired) electrons. The van der Waals surface area contributed by atoms with E-state index < -0.39 is 16.0 Å². The van der Waals surface area contributed by atoms with Crippen LogP contribution in [-0.4, -0.2) is 40.2 Å². The summed E-state index contributed by atoms with van der Waals surface area (Å²) < 4.78 is 29.5. The van der Waals surface area contributed by atoms with E-state index in [-0.39, 0.29) is 5.91 Å². The van der Waals surface area contributed by atoms with Crippen LogP contribution in [0.4, 0.5) is 11.4 Å². The van der Waals surface area contributed by atoms with Crippen LogP contribution >= 0.6 is 0 Å². The second-order valence-electron chi connectivity index (χ2n) is 5.95. The molecule has 1 amide bonds. The van der Waals surface area contributed by atoms with Crippen LogP contribution in [0, 0.1) is 0 Å². The predicted octanol–water partition coefficient (Wildman–Crippen LogP) is 2.05. The van der Waals surface area contributed by atoms with Gasteiger partial charge in [0.15, 0.2) is 0 Å². The van der Waals surface area contributed by atoms with Gasteiger partial charge < -0.3 is 10.1 Å². The summed E-state index contributed by atoms with van der Waals surface area (Å²) in [5.74, 6) is -0.756. The van der Waals surface area contributed by atoms with Gasteiger partial charge in [-0.15, -0.1) is 0 Å². The van der Waals surface area contributed by atoms with Crippen LogP contribution in [0.25, 0.3) is 0 Å². The van der Waals surface area contributed by atoms with Crippen LogP contribution in [-0.2, 0) is 21.2 Å². The summed E-state index contributed by atoms with van der Waals surface area (Å²) in [5.41, 5.74) is 2.82. The molecule has 1 aliphatic heterocycles. The van der Waals surface area contributed by atoms with E-state index in [0.717, 1.165) is 5.56 Å². The normalized spacial score (nSPS) is 13.2. The molecule has 8 heteroatoms. The van der Waals surface area contributed by atoms with Crippen molar-refractivity contribution in [3.63, 3.8) is 0 Å². The zero-order valence-corrected chi connectivity index (χ0v) is 15.2. The van der Waals surface area contributed by atoms with Gasteiger partial charge in [0.2, 0.25) is 10.0 Å². The van der Waals surface area contributed by atoms with Crippen molar-refractivity contribution in [1.29, 1.82) is 0 Å². The summed E-state index contributed by atoms with van der Waals surface area (Å²) >= 11 is 0. The standard InChI is InChI=1S/C18H18N2O5S/c1-25-18(22)12-3-6-15(7-4-12)19-17(21)14-5-8-16-13(11-14)9-10-20(16)26(2,23)24/h3-8,11H,9-10H2,1-2H3,(H,19,21). The number of fused-ring (bicyclic) bond motifs is 1. The second kappa shape index (κ2) is 6.80. The van der Waals surface area contributed by atoms with Crippen molar-refractivity contribution in [1.82, 2.24) is 0 Å². The number of methoxy groups -OCH3 is 1. The Morgan fingerprint density at radius 2 is 1.73 bits per heavy atom. The zero-order chi connectivity index (χ0) is 18.9. The topological polar surface area (TPSA) is 92.8 Å². The van der Waals surface area contributed by atoms with Crippen molar-refractivity contribution >= 4 is 33.3 Å². The van der Waals surface area contributed by atoms with Crippen molar-refractivity contribution in [2.24, 2.45) is 0 Å². The number of anilines is 2. The van der Waals surface area contributed by atoms with E-state index in [4.69, 9.17) is 0 Å². The third kappa shape index (κ3) is 3.55. The number of benzene rings is 2. The molecule has 1 heterocycles. The molecule has 2 aromatic rings. The molecule has 0 atom stereocenters. The number of carbonyl (C=O) groups is 2. The third-order valence-corrected chi connectivity index (χ3v) is 5.34. The molecular weight excluding hydrogens is 356 g/mol. The van der Waals surface area contributed by atoms with Crippen molar-refractivity contribution in [3.8, 4) is 0 Å². The molecule has 0 aliphatic carbocycles. The first kappa shape index (κ1) is 17.9. The van der Waals surface area contributed by atoms with Gasteiger partial charge in [0, 0.05) is 17.8 Å². The van der Waals surface area contributed by atoms with Crippen LogP contribution in [0.1, 0.15) is 26.3 Å². The Morgan fingerprint density at radius 3 is 2.35 bits per heavy atom. The monoisotopic (exact) mass is 374 g/mol. The zero-order valence-electron chi connectivity index (χ0n) is 14.4. The highest BCUT2D eigenvalue weighted by Gasteiger charge is 2.26. The number of hydrogen-bond acceptors (Lipinski definition) is 5. The van der Waals surface area contributed by atoms with Gasteiger partial charge in [-0.2, -0.15) is 0 Å². The number of carbonyl (C=O) groups excluding carboxylic acids is 2. The van der Waals surface area contributed by atoms with E-state index in [1.165, 1.54) is 17.7 Å². The van der Waals surface area contributed by atoms with E-state index in [9.17, 15) is 18.0 Å². The van der Waals surface area contributed by atoms with Crippen LogP contribution in [0.3, 0.4) is 0 Å². The fourth-order valence-corrected chi connectivity index (χ4v) is 3.83. The molecular formula is C18H18N2O5S. The Kier molecular flexibility index (Phi) is 4.69. The van der Waals surface area contributed by atoms with E-state index >= 15 is 0 Å². The quantitative estimate of drug-likeness (QED) is 0.827. The largest absolute Gasteiger partial charge is 0.465 e. The number of sulfonamides is 1. The molecule has 0 spiro atoms. The van der Waals surface area contributed by atoms with Gasteiger partial charge in [-0.3, -0.25) is 9.10 Å². The van der Waals surface area contributed by atoms with E-state index in [2.05, 4.69) is 10.1 Å². The van der Waals surface area contributed by atoms with Crippen LogP contribution in [0.15, 0.2) is 42.5 Å². The summed E-state index contributed by atoms with van der Waals surface area (Å²) in [4.78, 5) is 23.9. The molecule has 0 aromatic heterocycles. The lowest BCUT2D eigenvalue weighted by molar-refractivity contribution is 0.0600. The summed E-state index contributed by atoms with van der Waals surface area (Å²) in [6, 6.07) is 11.3. The van der Waals surface area contributed by atoms with Crippen molar-refractivity contribution in [3.05, 3.63) is 59.2 Å². The first-order valence-electron chi connectivity index (χ1n) is 7.90. The summed E-state index contributed by atoms with van der Waals surface area (Å²) in [7, 11) is -2.01. The Labute approximate surface area is 151 Å². The van der Waals surface area contributed by atoms with Crippen LogP contribution in [0.5, 0.6) is 0 Å². The van der Waals surface area contributed by atoms with Crippen molar-refractivity contribution in [2.75, 3.05) is 29.5 Å². The van der Waals surface area contributed by atoms with E-state index in [1.807, 2.05) is 0 Å². The number of rotatable bonds is 4. The second-order valence-corrected chi connectivity index (χ2v) is 7.86. The molecule has 26 heavy (non-hydrogen) atoms. The highest BCUT2D eigenvalue weighted by molar-refractivity contribution is 7.92. The number of ether oxygens (including phenoxy) is 1. The van der Waals surface area contributed by atoms with Crippen LogP contribution in [0.2, 0.25) is 0 Å². The number of nitrogens with zero attached hydrogens (tertiary/aromatic N) is 1. The third-order valence-electron chi connectivity index (χ3n) is 4.16. The summed E-state index contributed by atoms with van der Waals surface area (Å²) in [6.45, 7) is 0.383. The Hall–Kier alpha value is -2.87. The highest BCUT2D eigenvalue weighted by Crippen LogP contribution is 2.30. The average Bonchev–Trinajstić information content (AvgIpc) is 3.05. The molecule has 7 nitrogen and oxygen atoms in total. The lowest BCUT2D eigenvalue weighted by atomic mass is 10.1. The lowest BCUT2D eigenvalue weighted by Gasteiger charge is -2.16.